The van der Waals surface area contributed by atoms with Crippen LogP contribution in [-0.4, -0.2) is 31.0 Å². The van der Waals surface area contributed by atoms with Crippen molar-refractivity contribution in [3.63, 3.8) is 0 Å². The van der Waals surface area contributed by atoms with Crippen LogP contribution in [0, 0.1) is 6.92 Å². The van der Waals surface area contributed by atoms with Crippen molar-refractivity contribution in [2.45, 2.75) is 13.5 Å². The molecule has 2 heterocycles. The van der Waals surface area contributed by atoms with Crippen LogP contribution in [0.3, 0.4) is 0 Å². The molecular formula is C19H15ClN6O2. The molecule has 0 radical (unpaired) electrons. The lowest BCUT2D eigenvalue weighted by Crippen LogP contribution is -2.12. The van der Waals surface area contributed by atoms with E-state index in [1.54, 1.807) is 35.1 Å². The van der Waals surface area contributed by atoms with Crippen LogP contribution in [0.25, 0.3) is 11.5 Å². The standard InChI is InChI=1S/C19H15ClN6O2/c1-12-5-7-13(8-6-12)10-26-11-16(23-25-26)17-22-19(28-24-17)18(27)21-15-4-2-3-14(20)9-15/h2-9,11H,10H2,1H3,(H,21,27). The van der Waals surface area contributed by atoms with Gasteiger partial charge in [-0.1, -0.05) is 57.9 Å². The minimum atomic E-state index is -0.534. The summed E-state index contributed by atoms with van der Waals surface area (Å²) in [6, 6.07) is 14.9. The number of nitrogens with one attached hydrogen (secondary N) is 1. The smallest absolute Gasteiger partial charge is 0.316 e. The lowest BCUT2D eigenvalue weighted by atomic mass is 10.1. The van der Waals surface area contributed by atoms with E-state index in [2.05, 4.69) is 25.8 Å². The summed E-state index contributed by atoms with van der Waals surface area (Å²) >= 11 is 5.91. The summed E-state index contributed by atoms with van der Waals surface area (Å²) in [7, 11) is 0. The zero-order valence-corrected chi connectivity index (χ0v) is 15.6. The Morgan fingerprint density at radius 1 is 1.21 bits per heavy atom. The topological polar surface area (TPSA) is 98.7 Å². The van der Waals surface area contributed by atoms with Gasteiger partial charge < -0.3 is 9.84 Å². The maximum absolute atomic E-state index is 12.3. The second-order valence-electron chi connectivity index (χ2n) is 6.17. The van der Waals surface area contributed by atoms with Crippen molar-refractivity contribution in [3.05, 3.63) is 76.8 Å². The molecule has 1 N–H and O–H groups in total. The van der Waals surface area contributed by atoms with Gasteiger partial charge in [-0.15, -0.1) is 5.10 Å². The summed E-state index contributed by atoms with van der Waals surface area (Å²) in [6.07, 6.45) is 1.70. The third-order valence-corrected chi connectivity index (χ3v) is 4.17. The van der Waals surface area contributed by atoms with Gasteiger partial charge in [0.05, 0.1) is 12.7 Å². The first-order valence-corrected chi connectivity index (χ1v) is 8.81. The van der Waals surface area contributed by atoms with Crippen molar-refractivity contribution < 1.29 is 9.32 Å². The molecule has 0 saturated carbocycles. The van der Waals surface area contributed by atoms with Crippen molar-refractivity contribution in [3.8, 4) is 11.5 Å². The number of aryl methyl sites for hydroxylation is 1. The van der Waals surface area contributed by atoms with Gasteiger partial charge in [-0.3, -0.25) is 4.79 Å². The van der Waals surface area contributed by atoms with Crippen molar-refractivity contribution in [2.24, 2.45) is 0 Å². The Morgan fingerprint density at radius 3 is 2.82 bits per heavy atom. The Morgan fingerprint density at radius 2 is 2.04 bits per heavy atom. The molecule has 28 heavy (non-hydrogen) atoms. The fourth-order valence-electron chi connectivity index (χ4n) is 2.53. The molecule has 9 heteroatoms. The van der Waals surface area contributed by atoms with Gasteiger partial charge in [0.15, 0.2) is 5.69 Å². The van der Waals surface area contributed by atoms with Gasteiger partial charge in [0, 0.05) is 10.7 Å². The molecule has 0 unspecified atom stereocenters. The number of carbonyl (C=O) groups is 1. The van der Waals surface area contributed by atoms with Crippen LogP contribution in [0.15, 0.2) is 59.3 Å². The van der Waals surface area contributed by atoms with E-state index in [0.29, 0.717) is 22.9 Å². The van der Waals surface area contributed by atoms with Gasteiger partial charge in [0.25, 0.3) is 0 Å². The minimum absolute atomic E-state index is 0.178. The molecule has 4 rings (SSSR count). The number of benzene rings is 2. The SMILES string of the molecule is Cc1ccc(Cn2cc(-c3noc(C(=O)Nc4cccc(Cl)c4)n3)nn2)cc1. The molecule has 0 spiro atoms. The third kappa shape index (κ3) is 4.07. The van der Waals surface area contributed by atoms with Crippen LogP contribution >= 0.6 is 11.6 Å². The van der Waals surface area contributed by atoms with E-state index >= 15 is 0 Å². The van der Waals surface area contributed by atoms with Crippen molar-refractivity contribution in [2.75, 3.05) is 5.32 Å². The third-order valence-electron chi connectivity index (χ3n) is 3.94. The van der Waals surface area contributed by atoms with Crippen molar-refractivity contribution in [1.82, 2.24) is 25.1 Å². The molecule has 0 bridgehead atoms. The first-order valence-electron chi connectivity index (χ1n) is 8.43. The van der Waals surface area contributed by atoms with Gasteiger partial charge in [0.1, 0.15) is 0 Å². The van der Waals surface area contributed by atoms with Gasteiger partial charge in [-0.25, -0.2) is 4.68 Å². The average Bonchev–Trinajstić information content (AvgIpc) is 3.33. The molecule has 4 aromatic rings. The van der Waals surface area contributed by atoms with Crippen molar-refractivity contribution in [1.29, 1.82) is 0 Å². The Hall–Kier alpha value is -3.52. The molecule has 8 nitrogen and oxygen atoms in total. The normalized spacial score (nSPS) is 10.8. The predicted molar refractivity (Wildman–Crippen MR) is 103 cm³/mol. The summed E-state index contributed by atoms with van der Waals surface area (Å²) in [6.45, 7) is 2.60. The van der Waals surface area contributed by atoms with Crippen molar-refractivity contribution >= 4 is 23.2 Å². The van der Waals surface area contributed by atoms with E-state index in [-0.39, 0.29) is 11.7 Å². The number of aromatic nitrogens is 5. The average molecular weight is 395 g/mol. The van der Waals surface area contributed by atoms with Crippen LogP contribution < -0.4 is 5.32 Å². The predicted octanol–water partition coefficient (Wildman–Crippen LogP) is 3.59. The molecule has 0 saturated heterocycles. The highest BCUT2D eigenvalue weighted by molar-refractivity contribution is 6.30. The van der Waals surface area contributed by atoms with Crippen LogP contribution in [-0.2, 0) is 6.54 Å². The van der Waals surface area contributed by atoms with Gasteiger partial charge >= 0.3 is 11.8 Å². The zero-order valence-electron chi connectivity index (χ0n) is 14.8. The highest BCUT2D eigenvalue weighted by Gasteiger charge is 2.18. The number of nitrogens with zero attached hydrogens (tertiary/aromatic N) is 5. The fraction of sp³-hybridized carbons (Fsp3) is 0.105. The molecule has 140 valence electrons. The summed E-state index contributed by atoms with van der Waals surface area (Å²) < 4.78 is 6.71. The van der Waals surface area contributed by atoms with Crippen LogP contribution in [0.5, 0.6) is 0 Å². The largest absolute Gasteiger partial charge is 0.328 e. The molecule has 2 aromatic carbocycles. The number of rotatable bonds is 5. The molecule has 0 aliphatic carbocycles. The number of hydrogen-bond acceptors (Lipinski definition) is 6. The monoisotopic (exact) mass is 394 g/mol. The maximum Gasteiger partial charge on any atom is 0.316 e. The molecule has 1 amide bonds. The Labute approximate surface area is 165 Å². The van der Waals surface area contributed by atoms with E-state index in [1.165, 1.54) is 5.56 Å². The van der Waals surface area contributed by atoms with Gasteiger partial charge in [0.2, 0.25) is 5.82 Å². The molecule has 2 aromatic heterocycles. The summed E-state index contributed by atoms with van der Waals surface area (Å²) in [5, 5.41) is 15.1. The van der Waals surface area contributed by atoms with E-state index in [9.17, 15) is 4.79 Å². The highest BCUT2D eigenvalue weighted by atomic mass is 35.5. The number of amides is 1. The quantitative estimate of drug-likeness (QED) is 0.555. The van der Waals surface area contributed by atoms with Crippen LogP contribution in [0.1, 0.15) is 21.8 Å². The maximum atomic E-state index is 12.3. The molecule has 0 aliphatic rings. The highest BCUT2D eigenvalue weighted by Crippen LogP contribution is 2.17. The van der Waals surface area contributed by atoms with E-state index in [4.69, 9.17) is 16.1 Å². The fourth-order valence-corrected chi connectivity index (χ4v) is 2.72. The summed E-state index contributed by atoms with van der Waals surface area (Å²) in [4.78, 5) is 16.3. The molecule has 0 fully saturated rings. The first-order chi connectivity index (χ1) is 13.6. The molecule has 0 aliphatic heterocycles. The first kappa shape index (κ1) is 17.9. The lowest BCUT2D eigenvalue weighted by Gasteiger charge is -2.01. The Bertz CT molecular complexity index is 1120. The Kier molecular flexibility index (Phi) is 4.86. The second-order valence-corrected chi connectivity index (χ2v) is 6.61. The van der Waals surface area contributed by atoms with E-state index in [0.717, 1.165) is 5.56 Å². The number of anilines is 1. The second kappa shape index (κ2) is 7.61. The van der Waals surface area contributed by atoms with Gasteiger partial charge in [-0.05, 0) is 30.7 Å². The molecule has 0 atom stereocenters. The number of hydrogen-bond donors (Lipinski definition) is 1. The number of halogens is 1. The van der Waals surface area contributed by atoms with Crippen LogP contribution in [0.2, 0.25) is 5.02 Å². The number of carbonyl (C=O) groups excluding carboxylic acids is 1. The lowest BCUT2D eigenvalue weighted by molar-refractivity contribution is 0.0981. The Balaban J connectivity index is 1.46. The summed E-state index contributed by atoms with van der Waals surface area (Å²) in [5.74, 6) is -0.525. The van der Waals surface area contributed by atoms with Crippen LogP contribution in [0.4, 0.5) is 5.69 Å². The summed E-state index contributed by atoms with van der Waals surface area (Å²) in [5.41, 5.74) is 3.23. The minimum Gasteiger partial charge on any atom is -0.328 e. The van der Waals surface area contributed by atoms with E-state index in [1.807, 2.05) is 31.2 Å². The zero-order chi connectivity index (χ0) is 19.5. The van der Waals surface area contributed by atoms with Gasteiger partial charge in [-0.2, -0.15) is 4.98 Å². The van der Waals surface area contributed by atoms with E-state index < -0.39 is 5.91 Å². The molecular weight excluding hydrogens is 380 g/mol.